The number of ether oxygens (including phenoxy) is 1. The lowest BCUT2D eigenvalue weighted by atomic mass is 9.88. The SMILES string of the molecule is CCOC(=O)c1c(NC(=O)CS[C@@H]2NC(=O)CC(=O)N2CC(C)C)sc2c1CC[C@@H](C)C2. The van der Waals surface area contributed by atoms with Gasteiger partial charge >= 0.3 is 5.97 Å². The number of carbonyl (C=O) groups excluding carboxylic acids is 4. The van der Waals surface area contributed by atoms with Crippen molar-refractivity contribution in [2.45, 2.75) is 58.9 Å². The van der Waals surface area contributed by atoms with Crippen molar-refractivity contribution >= 4 is 51.8 Å². The highest BCUT2D eigenvalue weighted by Crippen LogP contribution is 2.40. The van der Waals surface area contributed by atoms with Gasteiger partial charge in [-0.25, -0.2) is 4.79 Å². The third-order valence-corrected chi connectivity index (χ3v) is 7.66. The van der Waals surface area contributed by atoms with Crippen LogP contribution in [0, 0.1) is 11.8 Å². The molecule has 10 heteroatoms. The highest BCUT2D eigenvalue weighted by Gasteiger charge is 2.33. The first-order chi connectivity index (χ1) is 15.2. The Kier molecular flexibility index (Phi) is 8.21. The molecule has 1 aromatic rings. The Morgan fingerprint density at radius 3 is 2.78 bits per heavy atom. The molecular weight excluding hydrogens is 450 g/mol. The molecule has 0 aromatic carbocycles. The molecule has 0 radical (unpaired) electrons. The van der Waals surface area contributed by atoms with E-state index in [4.69, 9.17) is 4.74 Å². The van der Waals surface area contributed by atoms with Crippen molar-refractivity contribution in [2.75, 3.05) is 24.2 Å². The summed E-state index contributed by atoms with van der Waals surface area (Å²) < 4.78 is 5.25. The van der Waals surface area contributed by atoms with Gasteiger partial charge in [-0.1, -0.05) is 20.8 Å². The molecule has 0 saturated carbocycles. The van der Waals surface area contributed by atoms with Crippen LogP contribution in [-0.4, -0.2) is 53.0 Å². The lowest BCUT2D eigenvalue weighted by Gasteiger charge is -2.36. The first-order valence-corrected chi connectivity index (χ1v) is 12.9. The van der Waals surface area contributed by atoms with Crippen LogP contribution in [0.15, 0.2) is 0 Å². The van der Waals surface area contributed by atoms with Crippen LogP contribution in [-0.2, 0) is 32.0 Å². The van der Waals surface area contributed by atoms with Crippen LogP contribution in [0.5, 0.6) is 0 Å². The fourth-order valence-corrected chi connectivity index (χ4v) is 6.33. The third kappa shape index (κ3) is 5.83. The van der Waals surface area contributed by atoms with Crippen molar-refractivity contribution in [3.63, 3.8) is 0 Å². The van der Waals surface area contributed by atoms with Crippen LogP contribution in [0.4, 0.5) is 5.00 Å². The van der Waals surface area contributed by atoms with E-state index in [1.165, 1.54) is 23.1 Å². The molecule has 32 heavy (non-hydrogen) atoms. The topological polar surface area (TPSA) is 105 Å². The van der Waals surface area contributed by atoms with Crippen LogP contribution in [0.3, 0.4) is 0 Å². The second kappa shape index (κ2) is 10.7. The second-order valence-corrected chi connectivity index (χ2v) is 10.8. The number of thioether (sulfide) groups is 1. The molecule has 1 fully saturated rings. The minimum absolute atomic E-state index is 0.0358. The van der Waals surface area contributed by atoms with Crippen molar-refractivity contribution in [1.82, 2.24) is 10.2 Å². The normalized spacial score (nSPS) is 20.7. The van der Waals surface area contributed by atoms with Gasteiger partial charge in [0.15, 0.2) is 5.50 Å². The van der Waals surface area contributed by atoms with Crippen molar-refractivity contribution in [3.05, 3.63) is 16.0 Å². The average molecular weight is 482 g/mol. The minimum Gasteiger partial charge on any atom is -0.462 e. The Hall–Kier alpha value is -2.07. The predicted octanol–water partition coefficient (Wildman–Crippen LogP) is 3.01. The van der Waals surface area contributed by atoms with Gasteiger partial charge in [0.05, 0.1) is 17.9 Å². The van der Waals surface area contributed by atoms with Gasteiger partial charge in [0, 0.05) is 11.4 Å². The summed E-state index contributed by atoms with van der Waals surface area (Å²) in [4.78, 5) is 52.3. The van der Waals surface area contributed by atoms with E-state index in [-0.39, 0.29) is 42.4 Å². The van der Waals surface area contributed by atoms with Crippen LogP contribution >= 0.6 is 23.1 Å². The zero-order valence-corrected chi connectivity index (χ0v) is 20.6. The monoisotopic (exact) mass is 481 g/mol. The molecule has 2 heterocycles. The molecule has 2 aliphatic rings. The van der Waals surface area contributed by atoms with E-state index in [0.29, 0.717) is 23.0 Å². The van der Waals surface area contributed by atoms with Crippen molar-refractivity contribution < 1.29 is 23.9 Å². The summed E-state index contributed by atoms with van der Waals surface area (Å²) in [5, 5.41) is 6.20. The molecule has 2 atom stereocenters. The number of amides is 3. The summed E-state index contributed by atoms with van der Waals surface area (Å²) in [5.74, 6) is -0.455. The fraction of sp³-hybridized carbons (Fsp3) is 0.636. The largest absolute Gasteiger partial charge is 0.462 e. The van der Waals surface area contributed by atoms with Gasteiger partial charge in [0.25, 0.3) is 0 Å². The molecule has 176 valence electrons. The summed E-state index contributed by atoms with van der Waals surface area (Å²) in [7, 11) is 0. The first-order valence-electron chi connectivity index (χ1n) is 11.0. The Labute approximate surface area is 196 Å². The average Bonchev–Trinajstić information content (AvgIpc) is 3.05. The molecule has 1 saturated heterocycles. The number of nitrogens with one attached hydrogen (secondary N) is 2. The van der Waals surface area contributed by atoms with Gasteiger partial charge in [-0.15, -0.1) is 23.1 Å². The van der Waals surface area contributed by atoms with Crippen LogP contribution in [0.25, 0.3) is 0 Å². The molecule has 0 unspecified atom stereocenters. The van der Waals surface area contributed by atoms with Crippen LogP contribution in [0.2, 0.25) is 0 Å². The van der Waals surface area contributed by atoms with E-state index in [1.54, 1.807) is 11.8 Å². The van der Waals surface area contributed by atoms with Crippen molar-refractivity contribution in [1.29, 1.82) is 0 Å². The van der Waals surface area contributed by atoms with E-state index >= 15 is 0 Å². The van der Waals surface area contributed by atoms with Crippen molar-refractivity contribution in [3.8, 4) is 0 Å². The molecule has 3 amide bonds. The molecule has 8 nitrogen and oxygen atoms in total. The molecule has 1 aliphatic carbocycles. The molecule has 2 N–H and O–H groups in total. The number of rotatable bonds is 8. The summed E-state index contributed by atoms with van der Waals surface area (Å²) in [6, 6.07) is 0. The zero-order valence-electron chi connectivity index (χ0n) is 19.0. The summed E-state index contributed by atoms with van der Waals surface area (Å²) >= 11 is 2.63. The molecule has 1 aromatic heterocycles. The van der Waals surface area contributed by atoms with Gasteiger partial charge in [0.2, 0.25) is 17.7 Å². The van der Waals surface area contributed by atoms with E-state index < -0.39 is 11.5 Å². The number of esters is 1. The fourth-order valence-electron chi connectivity index (χ4n) is 3.93. The lowest BCUT2D eigenvalue weighted by Crippen LogP contribution is -2.56. The van der Waals surface area contributed by atoms with Gasteiger partial charge < -0.3 is 20.3 Å². The van der Waals surface area contributed by atoms with Crippen molar-refractivity contribution in [2.24, 2.45) is 11.8 Å². The standard InChI is InChI=1S/C22H31N3O5S2/c1-5-30-21(29)19-14-7-6-13(4)8-15(14)32-20(19)23-17(27)11-31-22-24-16(26)9-18(28)25(22)10-12(2)3/h12-13,22H,5-11H2,1-4H3,(H,23,27)(H,24,26)/t13-,22-/m1/s1. The van der Waals surface area contributed by atoms with Gasteiger partial charge in [-0.05, 0) is 43.6 Å². The number of anilines is 1. The summed E-state index contributed by atoms with van der Waals surface area (Å²) in [6.45, 7) is 8.70. The van der Waals surface area contributed by atoms with Crippen LogP contribution in [0.1, 0.15) is 61.3 Å². The Bertz CT molecular complexity index is 898. The first kappa shape index (κ1) is 24.6. The van der Waals surface area contributed by atoms with E-state index in [9.17, 15) is 19.2 Å². The molecule has 0 bridgehead atoms. The van der Waals surface area contributed by atoms with E-state index in [1.807, 2.05) is 13.8 Å². The van der Waals surface area contributed by atoms with E-state index in [0.717, 1.165) is 29.7 Å². The maximum atomic E-state index is 12.8. The van der Waals surface area contributed by atoms with Crippen LogP contribution < -0.4 is 10.6 Å². The molecule has 1 aliphatic heterocycles. The lowest BCUT2D eigenvalue weighted by molar-refractivity contribution is -0.142. The molecule has 3 rings (SSSR count). The molecular formula is C22H31N3O5S2. The van der Waals surface area contributed by atoms with Gasteiger partial charge in [-0.2, -0.15) is 0 Å². The third-order valence-electron chi connectivity index (χ3n) is 5.38. The maximum absolute atomic E-state index is 12.8. The zero-order chi connectivity index (χ0) is 23.4. The second-order valence-electron chi connectivity index (χ2n) is 8.67. The maximum Gasteiger partial charge on any atom is 0.341 e. The van der Waals surface area contributed by atoms with Gasteiger partial charge in [0.1, 0.15) is 11.4 Å². The molecule has 0 spiro atoms. The van der Waals surface area contributed by atoms with E-state index in [2.05, 4.69) is 17.6 Å². The summed E-state index contributed by atoms with van der Waals surface area (Å²) in [5.41, 5.74) is 0.876. The number of thiophene rings is 1. The summed E-state index contributed by atoms with van der Waals surface area (Å²) in [6.07, 6.45) is 2.52. The number of carbonyl (C=O) groups is 4. The highest BCUT2D eigenvalue weighted by atomic mass is 32.2. The smallest absolute Gasteiger partial charge is 0.341 e. The Morgan fingerprint density at radius 2 is 2.09 bits per heavy atom. The quantitative estimate of drug-likeness (QED) is 0.437. The van der Waals surface area contributed by atoms with Gasteiger partial charge in [-0.3, -0.25) is 14.4 Å². The minimum atomic E-state index is -0.584. The Balaban J connectivity index is 1.71. The number of fused-ring (bicyclic) bond motifs is 1. The number of hydrogen-bond acceptors (Lipinski definition) is 7. The predicted molar refractivity (Wildman–Crippen MR) is 126 cm³/mol. The Morgan fingerprint density at radius 1 is 1.34 bits per heavy atom. The number of hydrogen-bond donors (Lipinski definition) is 2. The highest BCUT2D eigenvalue weighted by molar-refractivity contribution is 8.00. The number of nitrogens with zero attached hydrogens (tertiary/aromatic N) is 1.